The van der Waals surface area contributed by atoms with Crippen molar-refractivity contribution in [2.75, 3.05) is 48.6 Å². The lowest BCUT2D eigenvalue weighted by Gasteiger charge is -2.28. The Bertz CT molecular complexity index is 848. The average molecular weight is 430 g/mol. The highest BCUT2D eigenvalue weighted by molar-refractivity contribution is 5.50. The van der Waals surface area contributed by atoms with Crippen LogP contribution in [-0.4, -0.2) is 53.5 Å². The number of benzene rings is 2. The van der Waals surface area contributed by atoms with Crippen molar-refractivity contribution in [3.05, 3.63) is 47.0 Å². The Kier molecular flexibility index (Phi) is 9.05. The van der Waals surface area contributed by atoms with Crippen LogP contribution in [0.4, 0.5) is 0 Å². The molecule has 2 rings (SSSR count). The van der Waals surface area contributed by atoms with E-state index in [1.807, 2.05) is 6.07 Å². The molecule has 0 aliphatic rings. The Morgan fingerprint density at radius 3 is 2.10 bits per heavy atom. The lowest BCUT2D eigenvalue weighted by molar-refractivity contribution is 0.311. The van der Waals surface area contributed by atoms with Crippen LogP contribution in [0.3, 0.4) is 0 Å². The fraction of sp³-hybridized carbons (Fsp3) is 0.538. The van der Waals surface area contributed by atoms with Crippen molar-refractivity contribution in [3.8, 4) is 23.0 Å². The second-order valence-corrected chi connectivity index (χ2v) is 8.76. The van der Waals surface area contributed by atoms with Gasteiger partial charge in [0.2, 0.25) is 0 Å². The normalized spacial score (nSPS) is 11.5. The largest absolute Gasteiger partial charge is 0.493 e. The minimum atomic E-state index is 0.0640. The number of hydrogen-bond donors (Lipinski definition) is 0. The fourth-order valence-corrected chi connectivity index (χ4v) is 3.95. The molecule has 0 heterocycles. The van der Waals surface area contributed by atoms with Crippen molar-refractivity contribution in [2.45, 2.75) is 45.4 Å². The standard InChI is InChI=1S/C26H39NO4/c1-19-16-21(18-24(30-7)25(19)31-8)26(2,3)13-9-14-27(4)15-12-20-10-11-22(28-5)23(17-20)29-6/h10-11,16-18H,9,12-15H2,1-8H3. The van der Waals surface area contributed by atoms with Crippen LogP contribution >= 0.6 is 0 Å². The molecule has 0 fully saturated rings. The zero-order valence-electron chi connectivity index (χ0n) is 20.5. The van der Waals surface area contributed by atoms with Crippen LogP contribution < -0.4 is 18.9 Å². The molecular formula is C26H39NO4. The summed E-state index contributed by atoms with van der Waals surface area (Å²) in [7, 11) is 8.91. The van der Waals surface area contributed by atoms with E-state index in [0.29, 0.717) is 0 Å². The monoisotopic (exact) mass is 429 g/mol. The predicted molar refractivity (Wildman–Crippen MR) is 127 cm³/mol. The second kappa shape index (κ2) is 11.3. The highest BCUT2D eigenvalue weighted by Gasteiger charge is 2.23. The smallest absolute Gasteiger partial charge is 0.163 e. The summed E-state index contributed by atoms with van der Waals surface area (Å²) in [6, 6.07) is 10.5. The van der Waals surface area contributed by atoms with E-state index in [2.05, 4.69) is 57.0 Å². The Morgan fingerprint density at radius 2 is 1.48 bits per heavy atom. The second-order valence-electron chi connectivity index (χ2n) is 8.76. The van der Waals surface area contributed by atoms with Crippen LogP contribution in [-0.2, 0) is 11.8 Å². The number of rotatable bonds is 12. The van der Waals surface area contributed by atoms with Crippen molar-refractivity contribution < 1.29 is 18.9 Å². The minimum absolute atomic E-state index is 0.0640. The maximum Gasteiger partial charge on any atom is 0.163 e. The minimum Gasteiger partial charge on any atom is -0.493 e. The number of hydrogen-bond acceptors (Lipinski definition) is 5. The maximum absolute atomic E-state index is 5.55. The third-order valence-electron chi connectivity index (χ3n) is 6.02. The molecule has 0 saturated carbocycles. The molecule has 2 aromatic carbocycles. The van der Waals surface area contributed by atoms with Crippen LogP contribution in [0.1, 0.15) is 43.4 Å². The van der Waals surface area contributed by atoms with Gasteiger partial charge in [-0.2, -0.15) is 0 Å². The molecule has 0 bridgehead atoms. The molecule has 0 aliphatic heterocycles. The molecule has 0 atom stereocenters. The Labute approximate surface area is 188 Å². The lowest BCUT2D eigenvalue weighted by Crippen LogP contribution is -2.25. The number of methoxy groups -OCH3 is 4. The zero-order valence-corrected chi connectivity index (χ0v) is 20.5. The van der Waals surface area contributed by atoms with Gasteiger partial charge in [0, 0.05) is 6.54 Å². The summed E-state index contributed by atoms with van der Waals surface area (Å²) >= 11 is 0. The summed E-state index contributed by atoms with van der Waals surface area (Å²) in [6.45, 7) is 8.74. The average Bonchev–Trinajstić information content (AvgIpc) is 2.76. The van der Waals surface area contributed by atoms with Gasteiger partial charge in [-0.25, -0.2) is 0 Å². The molecule has 0 aliphatic carbocycles. The Morgan fingerprint density at radius 1 is 0.806 bits per heavy atom. The molecule has 0 N–H and O–H groups in total. The molecule has 172 valence electrons. The first-order valence-corrected chi connectivity index (χ1v) is 10.9. The van der Waals surface area contributed by atoms with Crippen molar-refractivity contribution in [1.82, 2.24) is 4.90 Å². The number of ether oxygens (including phenoxy) is 4. The van der Waals surface area contributed by atoms with Gasteiger partial charge in [0.15, 0.2) is 23.0 Å². The van der Waals surface area contributed by atoms with Crippen molar-refractivity contribution in [3.63, 3.8) is 0 Å². The van der Waals surface area contributed by atoms with Crippen molar-refractivity contribution in [2.24, 2.45) is 0 Å². The molecule has 0 saturated heterocycles. The quantitative estimate of drug-likeness (QED) is 0.460. The summed E-state index contributed by atoms with van der Waals surface area (Å²) in [6.07, 6.45) is 3.21. The lowest BCUT2D eigenvalue weighted by atomic mass is 9.79. The van der Waals surface area contributed by atoms with E-state index >= 15 is 0 Å². The van der Waals surface area contributed by atoms with E-state index in [1.165, 1.54) is 11.1 Å². The van der Waals surface area contributed by atoms with Crippen LogP contribution in [0, 0.1) is 6.92 Å². The van der Waals surface area contributed by atoms with Crippen molar-refractivity contribution in [1.29, 1.82) is 0 Å². The first-order chi connectivity index (χ1) is 14.7. The first kappa shape index (κ1) is 24.9. The van der Waals surface area contributed by atoms with Crippen molar-refractivity contribution >= 4 is 0 Å². The molecule has 5 heteroatoms. The topological polar surface area (TPSA) is 40.2 Å². The molecule has 31 heavy (non-hydrogen) atoms. The van der Waals surface area contributed by atoms with Crippen LogP contribution in [0.5, 0.6) is 23.0 Å². The van der Waals surface area contributed by atoms with Gasteiger partial charge in [0.1, 0.15) is 0 Å². The Hall–Kier alpha value is -2.40. The highest BCUT2D eigenvalue weighted by atomic mass is 16.5. The van der Waals surface area contributed by atoms with Gasteiger partial charge in [-0.3, -0.25) is 0 Å². The highest BCUT2D eigenvalue weighted by Crippen LogP contribution is 2.38. The van der Waals surface area contributed by atoms with Gasteiger partial charge in [-0.05, 0) is 80.1 Å². The van der Waals surface area contributed by atoms with Crippen LogP contribution in [0.2, 0.25) is 0 Å². The summed E-state index contributed by atoms with van der Waals surface area (Å²) < 4.78 is 21.8. The van der Waals surface area contributed by atoms with Gasteiger partial charge < -0.3 is 23.8 Å². The third-order valence-corrected chi connectivity index (χ3v) is 6.02. The van der Waals surface area contributed by atoms with Gasteiger partial charge in [-0.15, -0.1) is 0 Å². The van der Waals surface area contributed by atoms with E-state index in [-0.39, 0.29) is 5.41 Å². The van der Waals surface area contributed by atoms with E-state index < -0.39 is 0 Å². The van der Waals surface area contributed by atoms with Gasteiger partial charge >= 0.3 is 0 Å². The molecule has 5 nitrogen and oxygen atoms in total. The molecule has 0 aromatic heterocycles. The predicted octanol–water partition coefficient (Wildman–Crippen LogP) is 5.26. The summed E-state index contributed by atoms with van der Waals surface area (Å²) in [5, 5.41) is 0. The van der Waals surface area contributed by atoms with Gasteiger partial charge in [-0.1, -0.05) is 26.0 Å². The molecular weight excluding hydrogens is 390 g/mol. The SMILES string of the molecule is COc1ccc(CCN(C)CCCC(C)(C)c2cc(C)c(OC)c(OC)c2)cc1OC. The molecule has 0 amide bonds. The fourth-order valence-electron chi connectivity index (χ4n) is 3.95. The van der Waals surface area contributed by atoms with Gasteiger partial charge in [0.25, 0.3) is 0 Å². The molecule has 0 spiro atoms. The third kappa shape index (κ3) is 6.54. The number of likely N-dealkylation sites (N-methyl/N-ethyl adjacent to an activating group) is 1. The summed E-state index contributed by atoms with van der Waals surface area (Å²) in [5.74, 6) is 3.18. The van der Waals surface area contributed by atoms with E-state index in [1.54, 1.807) is 28.4 Å². The molecule has 0 radical (unpaired) electrons. The summed E-state index contributed by atoms with van der Waals surface area (Å²) in [5.41, 5.74) is 3.72. The zero-order chi connectivity index (χ0) is 23.0. The molecule has 0 unspecified atom stereocenters. The molecule has 2 aromatic rings. The van der Waals surface area contributed by atoms with E-state index in [0.717, 1.165) is 60.9 Å². The Balaban J connectivity index is 1.90. The van der Waals surface area contributed by atoms with Crippen LogP contribution in [0.15, 0.2) is 30.3 Å². The maximum atomic E-state index is 5.55. The van der Waals surface area contributed by atoms with E-state index in [9.17, 15) is 0 Å². The number of aryl methyl sites for hydroxylation is 1. The van der Waals surface area contributed by atoms with Gasteiger partial charge in [0.05, 0.1) is 28.4 Å². The van der Waals surface area contributed by atoms with Crippen LogP contribution in [0.25, 0.3) is 0 Å². The first-order valence-electron chi connectivity index (χ1n) is 10.9. The number of nitrogens with zero attached hydrogens (tertiary/aromatic N) is 1. The summed E-state index contributed by atoms with van der Waals surface area (Å²) in [4.78, 5) is 2.40. The van der Waals surface area contributed by atoms with E-state index in [4.69, 9.17) is 18.9 Å².